The molecule has 2 aromatic rings. The minimum atomic E-state index is -0.963. The van der Waals surface area contributed by atoms with Crippen molar-refractivity contribution >= 4 is 30.4 Å². The Bertz CT molecular complexity index is 801. The largest absolute Gasteiger partial charge is 0.478 e. The Balaban J connectivity index is 0.00000280. The third kappa shape index (κ3) is 6.49. The van der Waals surface area contributed by atoms with Gasteiger partial charge in [-0.25, -0.2) is 9.80 Å². The summed E-state index contributed by atoms with van der Waals surface area (Å²) < 4.78 is 0. The van der Waals surface area contributed by atoms with E-state index < -0.39 is 5.97 Å². The molecule has 1 aliphatic heterocycles. The molecule has 2 N–H and O–H groups in total. The number of piperazine rings is 1. The highest BCUT2D eigenvalue weighted by atomic mass is 35.5. The molecule has 28 heavy (non-hydrogen) atoms. The van der Waals surface area contributed by atoms with Crippen molar-refractivity contribution in [3.8, 4) is 0 Å². The SMILES string of the molecule is Cl.O=C(C=Cc1ccc(C(=O)O)cc1)NN1CCN(Cc2ccccc2)CC1. The van der Waals surface area contributed by atoms with E-state index in [1.165, 1.54) is 23.8 Å². The number of amides is 1. The quantitative estimate of drug-likeness (QED) is 0.728. The van der Waals surface area contributed by atoms with Crippen LogP contribution in [-0.2, 0) is 11.3 Å². The Morgan fingerprint density at radius 2 is 1.61 bits per heavy atom. The van der Waals surface area contributed by atoms with E-state index in [-0.39, 0.29) is 23.9 Å². The molecular formula is C21H24ClN3O3. The fourth-order valence-corrected chi connectivity index (χ4v) is 2.96. The smallest absolute Gasteiger partial charge is 0.335 e. The van der Waals surface area contributed by atoms with Crippen molar-refractivity contribution in [1.82, 2.24) is 15.3 Å². The summed E-state index contributed by atoms with van der Waals surface area (Å²) in [5, 5.41) is 10.8. The lowest BCUT2D eigenvalue weighted by Crippen LogP contribution is -2.52. The topological polar surface area (TPSA) is 72.9 Å². The standard InChI is InChI=1S/C21H23N3O3.ClH/c25-20(11-8-17-6-9-19(10-7-17)21(26)27)22-24-14-12-23(13-15-24)16-18-4-2-1-3-5-18;/h1-11H,12-16H2,(H,22,25)(H,26,27);1H. The third-order valence-corrected chi connectivity index (χ3v) is 4.47. The van der Waals surface area contributed by atoms with Crippen molar-refractivity contribution in [3.63, 3.8) is 0 Å². The maximum atomic E-state index is 12.1. The minimum absolute atomic E-state index is 0. The molecule has 0 aromatic heterocycles. The normalized spacial score (nSPS) is 15.1. The van der Waals surface area contributed by atoms with Crippen molar-refractivity contribution in [1.29, 1.82) is 0 Å². The van der Waals surface area contributed by atoms with E-state index in [0.717, 1.165) is 38.3 Å². The van der Waals surface area contributed by atoms with Gasteiger partial charge in [-0.05, 0) is 29.3 Å². The predicted octanol–water partition coefficient (Wildman–Crippen LogP) is 2.67. The fraction of sp³-hybridized carbons (Fsp3) is 0.238. The Morgan fingerprint density at radius 3 is 2.21 bits per heavy atom. The summed E-state index contributed by atoms with van der Waals surface area (Å²) in [6.45, 7) is 4.28. The zero-order chi connectivity index (χ0) is 19.1. The number of nitrogens with one attached hydrogen (secondary N) is 1. The zero-order valence-electron chi connectivity index (χ0n) is 15.5. The van der Waals surface area contributed by atoms with Gasteiger partial charge in [0.05, 0.1) is 5.56 Å². The number of hydrogen-bond donors (Lipinski definition) is 2. The van der Waals surface area contributed by atoms with E-state index >= 15 is 0 Å². The summed E-state index contributed by atoms with van der Waals surface area (Å²) in [6, 6.07) is 16.8. The van der Waals surface area contributed by atoms with Crippen molar-refractivity contribution < 1.29 is 14.7 Å². The summed E-state index contributed by atoms with van der Waals surface area (Å²) in [5.41, 5.74) is 5.20. The molecule has 0 aliphatic carbocycles. The molecule has 148 valence electrons. The Hall–Kier alpha value is -2.67. The molecular weight excluding hydrogens is 378 g/mol. The first-order chi connectivity index (χ1) is 13.1. The fourth-order valence-electron chi connectivity index (χ4n) is 2.96. The molecule has 1 aliphatic rings. The summed E-state index contributed by atoms with van der Waals surface area (Å²) in [7, 11) is 0. The lowest BCUT2D eigenvalue weighted by Gasteiger charge is -2.34. The average molecular weight is 402 g/mol. The number of carbonyl (C=O) groups excluding carboxylic acids is 1. The summed E-state index contributed by atoms with van der Waals surface area (Å²) >= 11 is 0. The number of carbonyl (C=O) groups is 2. The Morgan fingerprint density at radius 1 is 0.964 bits per heavy atom. The van der Waals surface area contributed by atoms with Gasteiger partial charge in [0.2, 0.25) is 0 Å². The Kier molecular flexibility index (Phi) is 8.19. The molecule has 0 spiro atoms. The molecule has 0 bridgehead atoms. The minimum Gasteiger partial charge on any atom is -0.478 e. The summed E-state index contributed by atoms with van der Waals surface area (Å²) in [4.78, 5) is 25.3. The summed E-state index contributed by atoms with van der Waals surface area (Å²) in [5.74, 6) is -1.15. The zero-order valence-corrected chi connectivity index (χ0v) is 16.3. The van der Waals surface area contributed by atoms with Crippen molar-refractivity contribution in [2.75, 3.05) is 26.2 Å². The van der Waals surface area contributed by atoms with Crippen LogP contribution in [0.1, 0.15) is 21.5 Å². The molecule has 6 nitrogen and oxygen atoms in total. The molecule has 7 heteroatoms. The molecule has 2 aromatic carbocycles. The number of hydrazine groups is 1. The van der Waals surface area contributed by atoms with Crippen LogP contribution >= 0.6 is 12.4 Å². The van der Waals surface area contributed by atoms with E-state index in [2.05, 4.69) is 22.5 Å². The highest BCUT2D eigenvalue weighted by Gasteiger charge is 2.17. The average Bonchev–Trinajstić information content (AvgIpc) is 2.69. The van der Waals surface area contributed by atoms with Crippen LogP contribution in [0.25, 0.3) is 6.08 Å². The van der Waals surface area contributed by atoms with Gasteiger partial charge in [0.1, 0.15) is 0 Å². The van der Waals surface area contributed by atoms with Gasteiger partial charge in [-0.3, -0.25) is 15.1 Å². The second kappa shape index (κ2) is 10.6. The van der Waals surface area contributed by atoms with Gasteiger partial charge in [0.15, 0.2) is 0 Å². The van der Waals surface area contributed by atoms with Gasteiger partial charge >= 0.3 is 5.97 Å². The van der Waals surface area contributed by atoms with Gasteiger partial charge in [0.25, 0.3) is 5.91 Å². The van der Waals surface area contributed by atoms with Crippen molar-refractivity contribution in [2.45, 2.75) is 6.54 Å². The van der Waals surface area contributed by atoms with Gasteiger partial charge < -0.3 is 5.11 Å². The maximum Gasteiger partial charge on any atom is 0.335 e. The number of carboxylic acid groups (broad SMARTS) is 1. The lowest BCUT2D eigenvalue weighted by atomic mass is 10.1. The van der Waals surface area contributed by atoms with Gasteiger partial charge in [-0.1, -0.05) is 42.5 Å². The molecule has 1 saturated heterocycles. The van der Waals surface area contributed by atoms with Gasteiger partial charge in [-0.2, -0.15) is 0 Å². The van der Waals surface area contributed by atoms with Crippen molar-refractivity contribution in [2.24, 2.45) is 0 Å². The highest BCUT2D eigenvalue weighted by molar-refractivity contribution is 5.92. The second-order valence-electron chi connectivity index (χ2n) is 6.49. The van der Waals surface area contributed by atoms with E-state index in [4.69, 9.17) is 5.11 Å². The predicted molar refractivity (Wildman–Crippen MR) is 111 cm³/mol. The number of hydrogen-bond acceptors (Lipinski definition) is 4. The number of nitrogens with zero attached hydrogens (tertiary/aromatic N) is 2. The van der Waals surface area contributed by atoms with Crippen LogP contribution in [0.15, 0.2) is 60.7 Å². The number of aromatic carboxylic acids is 1. The van der Waals surface area contributed by atoms with E-state index in [1.54, 1.807) is 18.2 Å². The summed E-state index contributed by atoms with van der Waals surface area (Å²) in [6.07, 6.45) is 3.14. The van der Waals surface area contributed by atoms with E-state index in [1.807, 2.05) is 23.2 Å². The van der Waals surface area contributed by atoms with Gasteiger partial charge in [0, 0.05) is 38.8 Å². The van der Waals surface area contributed by atoms with Gasteiger partial charge in [-0.15, -0.1) is 12.4 Å². The first kappa shape index (κ1) is 21.6. The van der Waals surface area contributed by atoms with Crippen LogP contribution < -0.4 is 5.43 Å². The molecule has 0 unspecified atom stereocenters. The van der Waals surface area contributed by atoms with Crippen LogP contribution in [0.3, 0.4) is 0 Å². The van der Waals surface area contributed by atoms with Crippen LogP contribution in [0, 0.1) is 0 Å². The van der Waals surface area contributed by atoms with Crippen LogP contribution in [-0.4, -0.2) is 53.1 Å². The first-order valence-corrected chi connectivity index (χ1v) is 8.93. The monoisotopic (exact) mass is 401 g/mol. The molecule has 1 amide bonds. The first-order valence-electron chi connectivity index (χ1n) is 8.93. The molecule has 1 heterocycles. The molecule has 1 fully saturated rings. The van der Waals surface area contributed by atoms with E-state index in [0.29, 0.717) is 0 Å². The molecule has 3 rings (SSSR count). The van der Waals surface area contributed by atoms with Crippen LogP contribution in [0.2, 0.25) is 0 Å². The highest BCUT2D eigenvalue weighted by Crippen LogP contribution is 2.08. The Labute approximate surface area is 170 Å². The number of halogens is 1. The molecule has 0 radical (unpaired) electrons. The second-order valence-corrected chi connectivity index (χ2v) is 6.49. The van der Waals surface area contributed by atoms with Crippen LogP contribution in [0.5, 0.6) is 0 Å². The lowest BCUT2D eigenvalue weighted by molar-refractivity contribution is -0.121. The van der Waals surface area contributed by atoms with Crippen LogP contribution in [0.4, 0.5) is 0 Å². The maximum absolute atomic E-state index is 12.1. The molecule has 0 saturated carbocycles. The molecule has 0 atom stereocenters. The van der Waals surface area contributed by atoms with E-state index in [9.17, 15) is 9.59 Å². The third-order valence-electron chi connectivity index (χ3n) is 4.47. The number of rotatable bonds is 6. The number of carboxylic acids is 1. The number of benzene rings is 2. The van der Waals surface area contributed by atoms with Crippen molar-refractivity contribution in [3.05, 3.63) is 77.4 Å².